The molecule has 0 aliphatic heterocycles. The minimum Gasteiger partial charge on any atom is -0.344 e. The van der Waals surface area contributed by atoms with Gasteiger partial charge in [-0.05, 0) is 56.5 Å². The summed E-state index contributed by atoms with van der Waals surface area (Å²) in [5.41, 5.74) is 4.36. The molecule has 2 aromatic heterocycles. The molecular formula is C20H23N5O. The zero-order valence-electron chi connectivity index (χ0n) is 15.5. The zero-order chi connectivity index (χ0) is 18.7. The minimum absolute atomic E-state index is 0.110. The van der Waals surface area contributed by atoms with Crippen LogP contribution >= 0.6 is 0 Å². The van der Waals surface area contributed by atoms with Crippen LogP contribution in [0.2, 0.25) is 0 Å². The third-order valence-corrected chi connectivity index (χ3v) is 4.35. The van der Waals surface area contributed by atoms with Gasteiger partial charge in [-0.3, -0.25) is 9.78 Å². The molecule has 0 radical (unpaired) electrons. The summed E-state index contributed by atoms with van der Waals surface area (Å²) in [5, 5.41) is 7.42. The highest BCUT2D eigenvalue weighted by atomic mass is 16.2. The van der Waals surface area contributed by atoms with Crippen LogP contribution < -0.4 is 5.32 Å². The van der Waals surface area contributed by atoms with Crippen molar-refractivity contribution in [1.82, 2.24) is 25.1 Å². The average molecular weight is 349 g/mol. The molecule has 2 heterocycles. The van der Waals surface area contributed by atoms with E-state index in [0.29, 0.717) is 5.82 Å². The van der Waals surface area contributed by atoms with E-state index in [9.17, 15) is 4.79 Å². The molecule has 1 aromatic carbocycles. The number of nitrogens with zero attached hydrogens (tertiary/aromatic N) is 4. The van der Waals surface area contributed by atoms with Crippen LogP contribution in [0.4, 0.5) is 0 Å². The number of carbonyl (C=O) groups is 1. The molecule has 0 aliphatic rings. The number of aryl methyl sites for hydroxylation is 4. The first-order valence-electron chi connectivity index (χ1n) is 8.58. The van der Waals surface area contributed by atoms with Crippen LogP contribution in [-0.4, -0.2) is 25.7 Å². The van der Waals surface area contributed by atoms with Crippen LogP contribution in [0.3, 0.4) is 0 Å². The number of hydrogen-bond donors (Lipinski definition) is 1. The molecule has 26 heavy (non-hydrogen) atoms. The molecular weight excluding hydrogens is 326 g/mol. The second-order valence-corrected chi connectivity index (χ2v) is 6.50. The van der Waals surface area contributed by atoms with Crippen molar-refractivity contribution in [2.75, 3.05) is 0 Å². The second-order valence-electron chi connectivity index (χ2n) is 6.50. The van der Waals surface area contributed by atoms with Crippen LogP contribution in [0.15, 0.2) is 42.7 Å². The van der Waals surface area contributed by atoms with Gasteiger partial charge in [-0.1, -0.05) is 23.8 Å². The van der Waals surface area contributed by atoms with E-state index in [2.05, 4.69) is 52.4 Å². The van der Waals surface area contributed by atoms with Crippen LogP contribution in [0.1, 0.15) is 39.9 Å². The zero-order valence-corrected chi connectivity index (χ0v) is 15.5. The highest BCUT2D eigenvalue weighted by Gasteiger charge is 2.20. The van der Waals surface area contributed by atoms with Crippen LogP contribution in [0.25, 0.3) is 0 Å². The summed E-state index contributed by atoms with van der Waals surface area (Å²) in [4.78, 5) is 21.0. The fourth-order valence-electron chi connectivity index (χ4n) is 3.02. The van der Waals surface area contributed by atoms with E-state index in [1.165, 1.54) is 0 Å². The molecule has 1 amide bonds. The summed E-state index contributed by atoms with van der Waals surface area (Å²) in [6, 6.07) is 9.89. The number of nitrogens with one attached hydrogen (secondary N) is 1. The van der Waals surface area contributed by atoms with Crippen molar-refractivity contribution in [2.45, 2.75) is 40.3 Å². The van der Waals surface area contributed by atoms with E-state index in [1.807, 2.05) is 26.0 Å². The molecule has 1 unspecified atom stereocenters. The lowest BCUT2D eigenvalue weighted by Crippen LogP contribution is -2.33. The van der Waals surface area contributed by atoms with E-state index in [-0.39, 0.29) is 18.5 Å². The first kappa shape index (κ1) is 17.8. The van der Waals surface area contributed by atoms with E-state index in [4.69, 9.17) is 0 Å². The van der Waals surface area contributed by atoms with Crippen molar-refractivity contribution in [1.29, 1.82) is 0 Å². The van der Waals surface area contributed by atoms with Crippen molar-refractivity contribution < 1.29 is 4.79 Å². The summed E-state index contributed by atoms with van der Waals surface area (Å²) in [7, 11) is 0. The highest BCUT2D eigenvalue weighted by molar-refractivity contribution is 5.77. The molecule has 134 valence electrons. The Morgan fingerprint density at radius 3 is 2.50 bits per heavy atom. The Bertz CT molecular complexity index is 917. The van der Waals surface area contributed by atoms with Gasteiger partial charge in [0, 0.05) is 12.4 Å². The molecule has 0 spiro atoms. The van der Waals surface area contributed by atoms with Gasteiger partial charge in [0.15, 0.2) is 0 Å². The Hall–Kier alpha value is -3.02. The topological polar surface area (TPSA) is 72.7 Å². The minimum atomic E-state index is -0.240. The Kier molecular flexibility index (Phi) is 5.11. The molecule has 6 nitrogen and oxygen atoms in total. The number of aromatic nitrogens is 4. The Morgan fingerprint density at radius 2 is 1.85 bits per heavy atom. The third kappa shape index (κ3) is 3.96. The number of hydrogen-bond acceptors (Lipinski definition) is 4. The SMILES string of the molecule is Cc1ccc(C)c(C(NC(=O)Cn2nc(C)nc2C)c2ccncc2)c1. The van der Waals surface area contributed by atoms with Gasteiger partial charge in [-0.15, -0.1) is 0 Å². The molecule has 0 fully saturated rings. The maximum absolute atomic E-state index is 12.7. The van der Waals surface area contributed by atoms with Crippen molar-refractivity contribution in [3.63, 3.8) is 0 Å². The smallest absolute Gasteiger partial charge is 0.242 e. The van der Waals surface area contributed by atoms with Gasteiger partial charge in [0.2, 0.25) is 5.91 Å². The van der Waals surface area contributed by atoms with Gasteiger partial charge in [0.25, 0.3) is 0 Å². The maximum Gasteiger partial charge on any atom is 0.242 e. The van der Waals surface area contributed by atoms with Gasteiger partial charge in [-0.2, -0.15) is 5.10 Å². The van der Waals surface area contributed by atoms with E-state index in [0.717, 1.165) is 28.1 Å². The number of carbonyl (C=O) groups excluding carboxylic acids is 1. The van der Waals surface area contributed by atoms with Crippen molar-refractivity contribution in [2.24, 2.45) is 0 Å². The molecule has 1 N–H and O–H groups in total. The van der Waals surface area contributed by atoms with Crippen molar-refractivity contribution >= 4 is 5.91 Å². The van der Waals surface area contributed by atoms with Crippen molar-refractivity contribution in [3.8, 4) is 0 Å². The molecule has 0 aliphatic carbocycles. The molecule has 0 saturated carbocycles. The van der Waals surface area contributed by atoms with Crippen LogP contribution in [0, 0.1) is 27.7 Å². The molecule has 6 heteroatoms. The van der Waals surface area contributed by atoms with E-state index >= 15 is 0 Å². The van der Waals surface area contributed by atoms with E-state index in [1.54, 1.807) is 17.1 Å². The van der Waals surface area contributed by atoms with Gasteiger partial charge in [0.1, 0.15) is 18.2 Å². The van der Waals surface area contributed by atoms with Crippen molar-refractivity contribution in [3.05, 3.63) is 76.6 Å². The van der Waals surface area contributed by atoms with Crippen LogP contribution in [0.5, 0.6) is 0 Å². The van der Waals surface area contributed by atoms with Gasteiger partial charge < -0.3 is 5.32 Å². The van der Waals surface area contributed by atoms with Gasteiger partial charge in [0.05, 0.1) is 6.04 Å². The molecule has 3 aromatic rings. The maximum atomic E-state index is 12.7. The quantitative estimate of drug-likeness (QED) is 0.769. The monoisotopic (exact) mass is 349 g/mol. The largest absolute Gasteiger partial charge is 0.344 e. The predicted octanol–water partition coefficient (Wildman–Crippen LogP) is 2.81. The lowest BCUT2D eigenvalue weighted by atomic mass is 9.94. The highest BCUT2D eigenvalue weighted by Crippen LogP contribution is 2.25. The predicted molar refractivity (Wildman–Crippen MR) is 99.6 cm³/mol. The molecule has 3 rings (SSSR count). The standard InChI is InChI=1S/C20H23N5O/c1-13-5-6-14(2)18(11-13)20(17-7-9-21-10-8-17)23-19(26)12-25-16(4)22-15(3)24-25/h5-11,20H,12H2,1-4H3,(H,23,26). The summed E-state index contributed by atoms with van der Waals surface area (Å²) in [5.74, 6) is 1.28. The molecule has 0 bridgehead atoms. The second kappa shape index (κ2) is 7.47. The fourth-order valence-corrected chi connectivity index (χ4v) is 3.02. The fraction of sp³-hybridized carbons (Fsp3) is 0.300. The lowest BCUT2D eigenvalue weighted by molar-refractivity contribution is -0.122. The number of rotatable bonds is 5. The Labute approximate surface area is 153 Å². The normalized spacial score (nSPS) is 12.0. The lowest BCUT2D eigenvalue weighted by Gasteiger charge is -2.22. The Balaban J connectivity index is 1.90. The first-order valence-corrected chi connectivity index (χ1v) is 8.58. The number of benzene rings is 1. The van der Waals surface area contributed by atoms with Gasteiger partial charge >= 0.3 is 0 Å². The Morgan fingerprint density at radius 1 is 1.12 bits per heavy atom. The summed E-state index contributed by atoms with van der Waals surface area (Å²) in [6.45, 7) is 7.91. The van der Waals surface area contributed by atoms with Gasteiger partial charge in [-0.25, -0.2) is 9.67 Å². The number of amides is 1. The molecule has 1 atom stereocenters. The summed E-state index contributed by atoms with van der Waals surface area (Å²) < 4.78 is 1.62. The first-order chi connectivity index (χ1) is 12.4. The van der Waals surface area contributed by atoms with E-state index < -0.39 is 0 Å². The molecule has 0 saturated heterocycles. The number of pyridine rings is 1. The third-order valence-electron chi connectivity index (χ3n) is 4.35. The average Bonchev–Trinajstić information content (AvgIpc) is 2.93. The van der Waals surface area contributed by atoms with Crippen LogP contribution in [-0.2, 0) is 11.3 Å². The summed E-state index contributed by atoms with van der Waals surface area (Å²) >= 11 is 0. The summed E-state index contributed by atoms with van der Waals surface area (Å²) in [6.07, 6.45) is 3.48.